The Bertz CT molecular complexity index is 570. The van der Waals surface area contributed by atoms with Gasteiger partial charge in [-0.2, -0.15) is 13.2 Å². The topological polar surface area (TPSA) is 35.5 Å². The highest BCUT2D eigenvalue weighted by atomic mass is 35.5. The van der Waals surface area contributed by atoms with E-state index in [1.54, 1.807) is 0 Å². The quantitative estimate of drug-likeness (QED) is 0.817. The molecular weight excluding hydrogens is 304 g/mol. The molecule has 0 amide bonds. The molecular formula is C11H7Cl2F3N2O. The molecule has 1 heterocycles. The van der Waals surface area contributed by atoms with Gasteiger partial charge in [-0.1, -0.05) is 23.2 Å². The molecule has 1 aliphatic heterocycles. The summed E-state index contributed by atoms with van der Waals surface area (Å²) in [4.78, 5) is 0. The maximum atomic E-state index is 12.5. The largest absolute Gasteiger partial charge is 0.505 e. The van der Waals surface area contributed by atoms with E-state index in [1.165, 1.54) is 23.5 Å². The molecule has 0 aromatic heterocycles. The van der Waals surface area contributed by atoms with Gasteiger partial charge in [0.15, 0.2) is 5.76 Å². The van der Waals surface area contributed by atoms with Gasteiger partial charge in [0.25, 0.3) is 0 Å². The summed E-state index contributed by atoms with van der Waals surface area (Å²) in [5.74, 6) is -0.180. The van der Waals surface area contributed by atoms with Crippen molar-refractivity contribution in [3.63, 3.8) is 0 Å². The number of alkyl halides is 3. The molecule has 0 atom stereocenters. The number of allylic oxidation sites excluding steroid dienone is 1. The molecule has 0 bridgehead atoms. The van der Waals surface area contributed by atoms with Crippen LogP contribution >= 0.6 is 23.2 Å². The van der Waals surface area contributed by atoms with Gasteiger partial charge in [0, 0.05) is 6.20 Å². The van der Waals surface area contributed by atoms with Gasteiger partial charge in [0.1, 0.15) is 5.03 Å². The average Bonchev–Trinajstić information content (AvgIpc) is 2.31. The second-order valence-corrected chi connectivity index (χ2v) is 4.48. The van der Waals surface area contributed by atoms with E-state index >= 15 is 0 Å². The Morgan fingerprint density at radius 2 is 1.89 bits per heavy atom. The number of hydrogen-bond donors (Lipinski definition) is 2. The third-order valence-corrected chi connectivity index (χ3v) is 2.96. The van der Waals surface area contributed by atoms with E-state index in [4.69, 9.17) is 23.2 Å². The SMILES string of the molecule is OC1=CNN(c2ccc(C(F)(F)F)cc2Cl)C=C1Cl. The maximum absolute atomic E-state index is 12.5. The van der Waals surface area contributed by atoms with Crippen molar-refractivity contribution < 1.29 is 18.3 Å². The molecule has 0 fully saturated rings. The highest BCUT2D eigenvalue weighted by Gasteiger charge is 2.31. The summed E-state index contributed by atoms with van der Waals surface area (Å²) in [7, 11) is 0. The van der Waals surface area contributed by atoms with Crippen LogP contribution in [-0.2, 0) is 6.18 Å². The van der Waals surface area contributed by atoms with Crippen LogP contribution in [0.25, 0.3) is 0 Å². The average molecular weight is 311 g/mol. The molecule has 2 rings (SSSR count). The van der Waals surface area contributed by atoms with Crippen molar-refractivity contribution in [2.75, 3.05) is 5.01 Å². The van der Waals surface area contributed by atoms with Crippen LogP contribution in [0, 0.1) is 0 Å². The molecule has 3 nitrogen and oxygen atoms in total. The summed E-state index contributed by atoms with van der Waals surface area (Å²) in [5, 5.41) is 10.5. The zero-order chi connectivity index (χ0) is 14.2. The second kappa shape index (κ2) is 4.86. The molecule has 1 aliphatic rings. The van der Waals surface area contributed by atoms with E-state index < -0.39 is 11.7 Å². The standard InChI is InChI=1S/C11H7Cl2F3N2O/c12-7-3-6(11(14,15)16)1-2-9(7)18-5-8(13)10(19)4-17-18/h1-5,17,19H. The fourth-order valence-electron chi connectivity index (χ4n) is 1.43. The van der Waals surface area contributed by atoms with Gasteiger partial charge in [-0.05, 0) is 18.2 Å². The highest BCUT2D eigenvalue weighted by molar-refractivity contribution is 6.34. The van der Waals surface area contributed by atoms with Gasteiger partial charge in [-0.3, -0.25) is 10.4 Å². The van der Waals surface area contributed by atoms with Crippen molar-refractivity contribution >= 4 is 28.9 Å². The molecule has 19 heavy (non-hydrogen) atoms. The minimum Gasteiger partial charge on any atom is -0.505 e. The number of halogens is 5. The number of rotatable bonds is 1. The zero-order valence-electron chi connectivity index (χ0n) is 9.17. The van der Waals surface area contributed by atoms with Gasteiger partial charge in [0.05, 0.1) is 22.5 Å². The number of nitrogens with zero attached hydrogens (tertiary/aromatic N) is 1. The first kappa shape index (κ1) is 13.9. The van der Waals surface area contributed by atoms with Crippen LogP contribution in [0.1, 0.15) is 5.56 Å². The Balaban J connectivity index is 2.33. The van der Waals surface area contributed by atoms with Crippen molar-refractivity contribution in [3.8, 4) is 0 Å². The Labute approximate surface area is 116 Å². The van der Waals surface area contributed by atoms with Crippen LogP contribution in [0.4, 0.5) is 18.9 Å². The Hall–Kier alpha value is -1.53. The van der Waals surface area contributed by atoms with Crippen LogP contribution in [0.2, 0.25) is 5.02 Å². The fraction of sp³-hybridized carbons (Fsp3) is 0.0909. The second-order valence-electron chi connectivity index (χ2n) is 3.67. The van der Waals surface area contributed by atoms with Gasteiger partial charge in [-0.15, -0.1) is 0 Å². The van der Waals surface area contributed by atoms with Crippen molar-refractivity contribution in [3.05, 3.63) is 52.0 Å². The van der Waals surface area contributed by atoms with Crippen LogP contribution < -0.4 is 10.4 Å². The van der Waals surface area contributed by atoms with E-state index in [2.05, 4.69) is 5.43 Å². The minimum atomic E-state index is -4.46. The number of nitrogens with one attached hydrogen (secondary N) is 1. The minimum absolute atomic E-state index is 0.0368. The molecule has 0 aliphatic carbocycles. The predicted octanol–water partition coefficient (Wildman–Crippen LogP) is 4.16. The molecule has 1 aromatic carbocycles. The molecule has 0 spiro atoms. The molecule has 1 aromatic rings. The molecule has 102 valence electrons. The molecule has 0 unspecified atom stereocenters. The summed E-state index contributed by atoms with van der Waals surface area (Å²) >= 11 is 11.5. The monoisotopic (exact) mass is 310 g/mol. The predicted molar refractivity (Wildman–Crippen MR) is 66.7 cm³/mol. The van der Waals surface area contributed by atoms with Gasteiger partial charge >= 0.3 is 6.18 Å². The first-order valence-corrected chi connectivity index (χ1v) is 5.73. The van der Waals surface area contributed by atoms with Crippen molar-refractivity contribution in [2.45, 2.75) is 6.18 Å². The fourth-order valence-corrected chi connectivity index (χ4v) is 1.86. The van der Waals surface area contributed by atoms with Crippen molar-refractivity contribution in [1.29, 1.82) is 0 Å². The van der Waals surface area contributed by atoms with E-state index in [1.807, 2.05) is 0 Å². The number of aliphatic hydroxyl groups excluding tert-OH is 1. The summed E-state index contributed by atoms with van der Waals surface area (Å²) in [5.41, 5.74) is 2.04. The van der Waals surface area contributed by atoms with E-state index in [0.29, 0.717) is 0 Å². The third-order valence-electron chi connectivity index (χ3n) is 2.36. The molecule has 2 N–H and O–H groups in total. The van der Waals surface area contributed by atoms with Crippen LogP contribution in [0.3, 0.4) is 0 Å². The summed E-state index contributed by atoms with van der Waals surface area (Å²) < 4.78 is 37.5. The number of hydrazine groups is 1. The van der Waals surface area contributed by atoms with Crippen LogP contribution in [0.15, 0.2) is 41.4 Å². The van der Waals surface area contributed by atoms with Crippen molar-refractivity contribution in [2.24, 2.45) is 0 Å². The molecule has 8 heteroatoms. The van der Waals surface area contributed by atoms with E-state index in [0.717, 1.165) is 12.1 Å². The lowest BCUT2D eigenvalue weighted by molar-refractivity contribution is -0.137. The van der Waals surface area contributed by atoms with Gasteiger partial charge in [-0.25, -0.2) is 0 Å². The Kier molecular flexibility index (Phi) is 3.56. The summed E-state index contributed by atoms with van der Waals surface area (Å²) in [6.07, 6.45) is -1.97. The van der Waals surface area contributed by atoms with E-state index in [-0.39, 0.29) is 21.5 Å². The summed E-state index contributed by atoms with van der Waals surface area (Å²) in [6, 6.07) is 2.93. The highest BCUT2D eigenvalue weighted by Crippen LogP contribution is 2.35. The number of hydrogen-bond acceptors (Lipinski definition) is 3. The number of benzene rings is 1. The lowest BCUT2D eigenvalue weighted by Crippen LogP contribution is -2.32. The molecule has 0 radical (unpaired) electrons. The van der Waals surface area contributed by atoms with Gasteiger partial charge < -0.3 is 5.11 Å². The lowest BCUT2D eigenvalue weighted by Gasteiger charge is -2.25. The zero-order valence-corrected chi connectivity index (χ0v) is 10.7. The summed E-state index contributed by atoms with van der Waals surface area (Å²) in [6.45, 7) is 0. The first-order valence-electron chi connectivity index (χ1n) is 4.98. The molecule has 0 saturated carbocycles. The van der Waals surface area contributed by atoms with E-state index in [9.17, 15) is 18.3 Å². The smallest absolute Gasteiger partial charge is 0.416 e. The van der Waals surface area contributed by atoms with Crippen LogP contribution in [0.5, 0.6) is 0 Å². The Morgan fingerprint density at radius 3 is 2.42 bits per heavy atom. The first-order chi connectivity index (χ1) is 8.79. The van der Waals surface area contributed by atoms with Crippen LogP contribution in [-0.4, -0.2) is 5.11 Å². The maximum Gasteiger partial charge on any atom is 0.416 e. The van der Waals surface area contributed by atoms with Gasteiger partial charge in [0.2, 0.25) is 0 Å². The van der Waals surface area contributed by atoms with Crippen molar-refractivity contribution in [1.82, 2.24) is 5.43 Å². The lowest BCUT2D eigenvalue weighted by atomic mass is 10.2. The number of aliphatic hydroxyl groups is 1. The normalized spacial score (nSPS) is 15.7. The molecule has 0 saturated heterocycles. The number of anilines is 1. The Morgan fingerprint density at radius 1 is 1.21 bits per heavy atom. The third kappa shape index (κ3) is 2.90.